The van der Waals surface area contributed by atoms with E-state index in [1.165, 1.54) is 0 Å². The molecule has 3 aliphatic rings. The van der Waals surface area contributed by atoms with E-state index in [1.807, 2.05) is 20.8 Å². The topological polar surface area (TPSA) is 75.7 Å². The SMILES string of the molecule is CC(C)C(C)OC(=O)N[C@H](C(=O)N1C[C@@H]2C[C@@H]2[C@H]1C=O)C1(C)CCCCC1. The fourth-order valence-corrected chi connectivity index (χ4v) is 4.72. The van der Waals surface area contributed by atoms with Gasteiger partial charge in [0.2, 0.25) is 5.91 Å². The van der Waals surface area contributed by atoms with Gasteiger partial charge in [-0.1, -0.05) is 40.0 Å². The number of nitrogens with one attached hydrogen (secondary N) is 1. The highest BCUT2D eigenvalue weighted by Gasteiger charge is 2.56. The van der Waals surface area contributed by atoms with Crippen molar-refractivity contribution in [1.29, 1.82) is 0 Å². The van der Waals surface area contributed by atoms with Gasteiger partial charge in [-0.25, -0.2) is 4.79 Å². The summed E-state index contributed by atoms with van der Waals surface area (Å²) in [7, 11) is 0. The Morgan fingerprint density at radius 1 is 1.19 bits per heavy atom. The van der Waals surface area contributed by atoms with Gasteiger partial charge in [0, 0.05) is 6.54 Å². The summed E-state index contributed by atoms with van der Waals surface area (Å²) in [5, 5.41) is 2.90. The molecule has 2 amide bonds. The van der Waals surface area contributed by atoms with E-state index < -0.39 is 12.1 Å². The van der Waals surface area contributed by atoms with Gasteiger partial charge < -0.3 is 19.7 Å². The maximum Gasteiger partial charge on any atom is 0.408 e. The third-order valence-corrected chi connectivity index (χ3v) is 7.06. The van der Waals surface area contributed by atoms with Crippen LogP contribution in [0.1, 0.15) is 66.2 Å². The van der Waals surface area contributed by atoms with Gasteiger partial charge in [-0.15, -0.1) is 0 Å². The van der Waals surface area contributed by atoms with Crippen molar-refractivity contribution in [1.82, 2.24) is 10.2 Å². The lowest BCUT2D eigenvalue weighted by Gasteiger charge is -2.42. The van der Waals surface area contributed by atoms with Crippen molar-refractivity contribution in [2.75, 3.05) is 6.54 Å². The number of carbonyl (C=O) groups excluding carboxylic acids is 3. The van der Waals surface area contributed by atoms with E-state index in [4.69, 9.17) is 4.74 Å². The van der Waals surface area contributed by atoms with Crippen molar-refractivity contribution in [3.8, 4) is 0 Å². The van der Waals surface area contributed by atoms with Crippen LogP contribution in [-0.4, -0.2) is 47.9 Å². The lowest BCUT2D eigenvalue weighted by molar-refractivity contribution is -0.141. The molecule has 1 saturated heterocycles. The van der Waals surface area contributed by atoms with Crippen LogP contribution in [0.4, 0.5) is 4.79 Å². The molecule has 0 aromatic heterocycles. The molecule has 1 unspecified atom stereocenters. The molecule has 27 heavy (non-hydrogen) atoms. The average molecular weight is 379 g/mol. The minimum absolute atomic E-state index is 0.113. The number of carbonyl (C=O) groups is 3. The minimum Gasteiger partial charge on any atom is -0.446 e. The number of hydrogen-bond donors (Lipinski definition) is 1. The van der Waals surface area contributed by atoms with Crippen molar-refractivity contribution in [2.24, 2.45) is 23.2 Å². The maximum absolute atomic E-state index is 13.4. The fourth-order valence-electron chi connectivity index (χ4n) is 4.72. The molecule has 1 N–H and O–H groups in total. The van der Waals surface area contributed by atoms with Gasteiger partial charge in [0.1, 0.15) is 18.4 Å². The van der Waals surface area contributed by atoms with Crippen LogP contribution in [0.15, 0.2) is 0 Å². The highest BCUT2D eigenvalue weighted by Crippen LogP contribution is 2.50. The molecule has 0 aromatic carbocycles. The number of ether oxygens (including phenoxy) is 1. The van der Waals surface area contributed by atoms with Gasteiger partial charge in [0.15, 0.2) is 0 Å². The second-order valence-corrected chi connectivity index (χ2v) is 9.42. The molecule has 1 heterocycles. The number of hydrogen-bond acceptors (Lipinski definition) is 4. The molecule has 6 heteroatoms. The zero-order valence-corrected chi connectivity index (χ0v) is 17.1. The molecule has 5 atom stereocenters. The van der Waals surface area contributed by atoms with Crippen molar-refractivity contribution in [3.05, 3.63) is 0 Å². The Bertz CT molecular complexity index is 585. The summed E-state index contributed by atoms with van der Waals surface area (Å²) in [5.74, 6) is 0.870. The molecule has 2 saturated carbocycles. The monoisotopic (exact) mass is 378 g/mol. The number of piperidine rings is 1. The number of fused-ring (bicyclic) bond motifs is 1. The first-order valence-corrected chi connectivity index (χ1v) is 10.5. The van der Waals surface area contributed by atoms with E-state index in [1.54, 1.807) is 4.90 Å². The predicted octanol–water partition coefficient (Wildman–Crippen LogP) is 3.14. The zero-order chi connectivity index (χ0) is 19.8. The number of rotatable bonds is 6. The highest BCUT2D eigenvalue weighted by molar-refractivity contribution is 5.89. The van der Waals surface area contributed by atoms with E-state index in [9.17, 15) is 14.4 Å². The molecule has 152 valence electrons. The van der Waals surface area contributed by atoms with Crippen molar-refractivity contribution in [2.45, 2.75) is 84.4 Å². The Hall–Kier alpha value is -1.59. The minimum atomic E-state index is -0.635. The number of likely N-dealkylation sites (tertiary alicyclic amines) is 1. The van der Waals surface area contributed by atoms with Crippen molar-refractivity contribution in [3.63, 3.8) is 0 Å². The molecular formula is C21H34N2O4. The number of amides is 2. The third kappa shape index (κ3) is 4.14. The Kier molecular flexibility index (Phi) is 5.82. The van der Waals surface area contributed by atoms with E-state index in [2.05, 4.69) is 12.2 Å². The Morgan fingerprint density at radius 2 is 1.85 bits per heavy atom. The third-order valence-electron chi connectivity index (χ3n) is 7.06. The van der Waals surface area contributed by atoms with Gasteiger partial charge >= 0.3 is 6.09 Å². The fraction of sp³-hybridized carbons (Fsp3) is 0.857. The van der Waals surface area contributed by atoms with Gasteiger partial charge in [0.05, 0.1) is 6.04 Å². The Morgan fingerprint density at radius 3 is 2.44 bits per heavy atom. The molecule has 6 nitrogen and oxygen atoms in total. The number of aldehydes is 1. The first-order valence-electron chi connectivity index (χ1n) is 10.5. The predicted molar refractivity (Wildman–Crippen MR) is 102 cm³/mol. The average Bonchev–Trinajstić information content (AvgIpc) is 3.30. The van der Waals surface area contributed by atoms with Crippen molar-refractivity contribution >= 4 is 18.3 Å². The van der Waals surface area contributed by atoms with Crippen LogP contribution in [0, 0.1) is 23.2 Å². The molecule has 0 aromatic rings. The van der Waals surface area contributed by atoms with Gasteiger partial charge in [-0.05, 0) is 49.4 Å². The van der Waals surface area contributed by atoms with Crippen molar-refractivity contribution < 1.29 is 19.1 Å². The summed E-state index contributed by atoms with van der Waals surface area (Å²) in [6.45, 7) is 8.58. The summed E-state index contributed by atoms with van der Waals surface area (Å²) in [6, 6.07) is -0.964. The second kappa shape index (κ2) is 7.80. The summed E-state index contributed by atoms with van der Waals surface area (Å²) < 4.78 is 5.48. The normalized spacial score (nSPS) is 31.0. The molecule has 3 fully saturated rings. The smallest absolute Gasteiger partial charge is 0.408 e. The highest BCUT2D eigenvalue weighted by atomic mass is 16.6. The summed E-state index contributed by atoms with van der Waals surface area (Å²) in [5.41, 5.74) is -0.296. The van der Waals surface area contributed by atoms with Crippen LogP contribution in [0.3, 0.4) is 0 Å². The Labute approximate surface area is 162 Å². The first kappa shape index (κ1) is 20.2. The van der Waals surface area contributed by atoms with E-state index in [-0.39, 0.29) is 29.4 Å². The van der Waals surface area contributed by atoms with Gasteiger partial charge in [-0.3, -0.25) is 4.79 Å². The second-order valence-electron chi connectivity index (χ2n) is 9.42. The van der Waals surface area contributed by atoms with Crippen LogP contribution >= 0.6 is 0 Å². The maximum atomic E-state index is 13.4. The quantitative estimate of drug-likeness (QED) is 0.721. The lowest BCUT2D eigenvalue weighted by Crippen LogP contribution is -2.58. The summed E-state index contributed by atoms with van der Waals surface area (Å²) in [6.07, 6.45) is 6.27. The molecule has 0 radical (unpaired) electrons. The van der Waals surface area contributed by atoms with Crippen LogP contribution in [0.5, 0.6) is 0 Å². The standard InChI is InChI=1S/C21H34N2O4/c1-13(2)14(3)27-20(26)22-18(21(4)8-6-5-7-9-21)19(25)23-11-15-10-16(15)17(23)12-24/h12-18H,5-11H2,1-4H3,(H,22,26)/t14?,15-,16-,17+,18+/m0/s1. The van der Waals surface area contributed by atoms with Gasteiger partial charge in [0.25, 0.3) is 0 Å². The zero-order valence-electron chi connectivity index (χ0n) is 17.1. The van der Waals surface area contributed by atoms with E-state index in [0.717, 1.165) is 44.8 Å². The molecular weight excluding hydrogens is 344 g/mol. The molecule has 0 spiro atoms. The largest absolute Gasteiger partial charge is 0.446 e. The lowest BCUT2D eigenvalue weighted by atomic mass is 9.70. The van der Waals surface area contributed by atoms with Crippen LogP contribution < -0.4 is 5.32 Å². The Balaban J connectivity index is 1.76. The van der Waals surface area contributed by atoms with Crippen LogP contribution in [0.25, 0.3) is 0 Å². The van der Waals surface area contributed by atoms with Gasteiger partial charge in [-0.2, -0.15) is 0 Å². The van der Waals surface area contributed by atoms with Crippen LogP contribution in [0.2, 0.25) is 0 Å². The van der Waals surface area contributed by atoms with E-state index in [0.29, 0.717) is 18.4 Å². The molecule has 0 bridgehead atoms. The molecule has 2 aliphatic carbocycles. The molecule has 1 aliphatic heterocycles. The van der Waals surface area contributed by atoms with E-state index >= 15 is 0 Å². The summed E-state index contributed by atoms with van der Waals surface area (Å²) in [4.78, 5) is 39.2. The first-order chi connectivity index (χ1) is 12.8. The number of alkyl carbamates (subject to hydrolysis) is 1. The van der Waals surface area contributed by atoms with Crippen LogP contribution in [-0.2, 0) is 14.3 Å². The number of nitrogens with zero attached hydrogens (tertiary/aromatic N) is 1. The summed E-state index contributed by atoms with van der Waals surface area (Å²) >= 11 is 0. The molecule has 3 rings (SSSR count).